The molecule has 0 atom stereocenters. The minimum atomic E-state index is -0.537. The predicted octanol–water partition coefficient (Wildman–Crippen LogP) is 7.82. The van der Waals surface area contributed by atoms with Gasteiger partial charge in [0.1, 0.15) is 11.9 Å². The molecule has 0 saturated carbocycles. The molecule has 0 amide bonds. The van der Waals surface area contributed by atoms with Gasteiger partial charge in [-0.05, 0) is 63.9 Å². The molecule has 0 saturated heterocycles. The fourth-order valence-electron chi connectivity index (χ4n) is 4.63. The fraction of sp³-hybridized carbons (Fsp3) is 0.107. The minimum Gasteiger partial charge on any atom is -0.206 e. The van der Waals surface area contributed by atoms with Crippen molar-refractivity contribution >= 4 is 11.6 Å². The van der Waals surface area contributed by atoms with Crippen LogP contribution in [0.5, 0.6) is 0 Å². The molecule has 1 aliphatic rings. The second kappa shape index (κ2) is 7.69. The van der Waals surface area contributed by atoms with Gasteiger partial charge in [0.2, 0.25) is 0 Å². The Bertz CT molecular complexity index is 1380. The highest BCUT2D eigenvalue weighted by Crippen LogP contribution is 2.46. The van der Waals surface area contributed by atoms with Crippen LogP contribution in [0.25, 0.3) is 33.4 Å². The third kappa shape index (κ3) is 3.14. The first-order valence-electron chi connectivity index (χ1n) is 10.3. The Balaban J connectivity index is 1.66. The predicted molar refractivity (Wildman–Crippen MR) is 125 cm³/mol. The van der Waals surface area contributed by atoms with Gasteiger partial charge in [0.25, 0.3) is 0 Å². The van der Waals surface area contributed by atoms with E-state index in [2.05, 4.69) is 43.3 Å². The largest absolute Gasteiger partial charge is 0.206 e. The number of nitrogens with zero attached hydrogens (tertiary/aromatic N) is 1. The molecule has 1 nitrogen and oxygen atoms in total. The Hall–Kier alpha value is -3.41. The van der Waals surface area contributed by atoms with E-state index in [0.717, 1.165) is 29.5 Å². The first-order valence-corrected chi connectivity index (χ1v) is 10.7. The Kier molecular flexibility index (Phi) is 4.85. The van der Waals surface area contributed by atoms with Gasteiger partial charge in [-0.25, -0.2) is 4.39 Å². The number of aryl methyl sites for hydroxylation is 1. The molecule has 0 heterocycles. The van der Waals surface area contributed by atoms with Crippen LogP contribution in [0.1, 0.15) is 29.2 Å². The first-order chi connectivity index (χ1) is 15.1. The number of hydrogen-bond acceptors (Lipinski definition) is 1. The smallest absolute Gasteiger partial charge is 0.141 e. The summed E-state index contributed by atoms with van der Waals surface area (Å²) in [4.78, 5) is 0. The van der Waals surface area contributed by atoms with E-state index in [9.17, 15) is 4.39 Å². The molecule has 0 N–H and O–H groups in total. The summed E-state index contributed by atoms with van der Waals surface area (Å²) in [5, 5.41) is 9.60. The van der Waals surface area contributed by atoms with Crippen molar-refractivity contribution in [3.05, 3.63) is 106 Å². The van der Waals surface area contributed by atoms with Crippen LogP contribution in [0.3, 0.4) is 0 Å². The molecule has 0 unspecified atom stereocenters. The summed E-state index contributed by atoms with van der Waals surface area (Å²) in [5.74, 6) is -0.537. The molecule has 31 heavy (non-hydrogen) atoms. The van der Waals surface area contributed by atoms with E-state index in [1.807, 2.05) is 24.3 Å². The summed E-state index contributed by atoms with van der Waals surface area (Å²) in [6.45, 7) is 2.19. The van der Waals surface area contributed by atoms with Gasteiger partial charge in [-0.2, -0.15) is 5.26 Å². The van der Waals surface area contributed by atoms with Gasteiger partial charge >= 0.3 is 0 Å². The van der Waals surface area contributed by atoms with Crippen molar-refractivity contribution in [2.75, 3.05) is 0 Å². The van der Waals surface area contributed by atoms with Gasteiger partial charge in [0.05, 0.1) is 10.6 Å². The lowest BCUT2D eigenvalue weighted by atomic mass is 9.92. The molecule has 0 fully saturated rings. The molecule has 150 valence electrons. The molecule has 0 radical (unpaired) electrons. The third-order valence-corrected chi connectivity index (χ3v) is 6.53. The number of halogens is 2. The van der Waals surface area contributed by atoms with Crippen molar-refractivity contribution in [3.63, 3.8) is 0 Å². The van der Waals surface area contributed by atoms with Crippen molar-refractivity contribution in [2.24, 2.45) is 0 Å². The maximum Gasteiger partial charge on any atom is 0.141 e. The van der Waals surface area contributed by atoms with Crippen molar-refractivity contribution in [1.29, 1.82) is 5.26 Å². The Morgan fingerprint density at radius 3 is 2.35 bits per heavy atom. The average Bonchev–Trinajstić information content (AvgIpc) is 3.18. The molecule has 0 aliphatic heterocycles. The lowest BCUT2D eigenvalue weighted by molar-refractivity contribution is 0.624. The quantitative estimate of drug-likeness (QED) is 0.290. The molecule has 3 heteroatoms. The Morgan fingerprint density at radius 2 is 1.61 bits per heavy atom. The summed E-state index contributed by atoms with van der Waals surface area (Å²) >= 11 is 6.89. The summed E-state index contributed by atoms with van der Waals surface area (Å²) in [7, 11) is 0. The number of fused-ring (bicyclic) bond motifs is 3. The van der Waals surface area contributed by atoms with Crippen molar-refractivity contribution in [2.45, 2.75) is 19.8 Å². The van der Waals surface area contributed by atoms with Gasteiger partial charge in [0, 0.05) is 11.1 Å². The maximum atomic E-state index is 14.2. The average molecular weight is 424 g/mol. The normalized spacial score (nSPS) is 11.7. The van der Waals surface area contributed by atoms with Crippen LogP contribution < -0.4 is 0 Å². The lowest BCUT2D eigenvalue weighted by Gasteiger charge is -2.14. The molecule has 0 spiro atoms. The van der Waals surface area contributed by atoms with Crippen molar-refractivity contribution < 1.29 is 4.39 Å². The highest BCUT2D eigenvalue weighted by molar-refractivity contribution is 6.36. The highest BCUT2D eigenvalue weighted by Gasteiger charge is 2.24. The Labute approximate surface area is 186 Å². The van der Waals surface area contributed by atoms with Crippen LogP contribution in [0, 0.1) is 17.1 Å². The van der Waals surface area contributed by atoms with Crippen LogP contribution in [0.2, 0.25) is 5.02 Å². The Morgan fingerprint density at radius 1 is 0.903 bits per heavy atom. The van der Waals surface area contributed by atoms with Gasteiger partial charge in [-0.1, -0.05) is 79.2 Å². The zero-order valence-electron chi connectivity index (χ0n) is 17.0. The molecule has 4 aromatic rings. The van der Waals surface area contributed by atoms with E-state index in [4.69, 9.17) is 16.9 Å². The van der Waals surface area contributed by atoms with Gasteiger partial charge in [0.15, 0.2) is 0 Å². The molecular formula is C28H19ClFN. The van der Waals surface area contributed by atoms with E-state index < -0.39 is 5.82 Å². The highest BCUT2D eigenvalue weighted by atomic mass is 35.5. The fourth-order valence-corrected chi connectivity index (χ4v) is 4.97. The van der Waals surface area contributed by atoms with E-state index in [1.165, 1.54) is 39.9 Å². The molecule has 5 rings (SSSR count). The third-order valence-electron chi connectivity index (χ3n) is 6.12. The molecule has 0 aromatic heterocycles. The number of hydrogen-bond donors (Lipinski definition) is 0. The van der Waals surface area contributed by atoms with Crippen LogP contribution >= 0.6 is 11.6 Å². The van der Waals surface area contributed by atoms with Crippen LogP contribution in [0.4, 0.5) is 4.39 Å². The van der Waals surface area contributed by atoms with Gasteiger partial charge in [-0.3, -0.25) is 0 Å². The van der Waals surface area contributed by atoms with E-state index >= 15 is 0 Å². The van der Waals surface area contributed by atoms with Gasteiger partial charge in [-0.15, -0.1) is 0 Å². The zero-order valence-corrected chi connectivity index (χ0v) is 17.8. The second-order valence-corrected chi connectivity index (χ2v) is 8.16. The number of nitriles is 1. The SMILES string of the molecule is CCc1cccc2c1-c1cccc(-c3cccc(-c4ccc(C#N)c(F)c4)c3Cl)c1C2. The van der Waals surface area contributed by atoms with E-state index in [-0.39, 0.29) is 5.56 Å². The molecule has 4 aromatic carbocycles. The summed E-state index contributed by atoms with van der Waals surface area (Å²) in [6.07, 6.45) is 1.87. The standard InChI is InChI=1S/C28H19ClFN/c1-2-17-6-3-7-19-14-25-22(9-5-10-23(25)27(17)19)24-11-4-8-21(28(24)29)18-12-13-20(16-31)26(30)15-18/h3-13,15H,2,14H2,1H3. The molecular weight excluding hydrogens is 405 g/mol. The topological polar surface area (TPSA) is 23.8 Å². The van der Waals surface area contributed by atoms with E-state index in [1.54, 1.807) is 6.07 Å². The second-order valence-electron chi connectivity index (χ2n) is 7.79. The van der Waals surface area contributed by atoms with Crippen LogP contribution in [0.15, 0.2) is 72.8 Å². The van der Waals surface area contributed by atoms with Crippen molar-refractivity contribution in [3.8, 4) is 39.4 Å². The molecule has 1 aliphatic carbocycles. The summed E-state index contributed by atoms with van der Waals surface area (Å²) in [5.41, 5.74) is 10.1. The van der Waals surface area contributed by atoms with E-state index in [0.29, 0.717) is 10.6 Å². The lowest BCUT2D eigenvalue weighted by Crippen LogP contribution is -1.92. The van der Waals surface area contributed by atoms with Crippen LogP contribution in [-0.4, -0.2) is 0 Å². The summed E-state index contributed by atoms with van der Waals surface area (Å²) in [6, 6.07) is 25.3. The van der Waals surface area contributed by atoms with Crippen molar-refractivity contribution in [1.82, 2.24) is 0 Å². The summed E-state index contributed by atoms with van der Waals surface area (Å²) < 4.78 is 14.2. The van der Waals surface area contributed by atoms with Crippen LogP contribution in [-0.2, 0) is 12.8 Å². The monoisotopic (exact) mass is 423 g/mol. The van der Waals surface area contributed by atoms with Gasteiger partial charge < -0.3 is 0 Å². The number of benzene rings is 4. The first kappa shape index (κ1) is 19.5. The zero-order chi connectivity index (χ0) is 21.5. The molecule has 0 bridgehead atoms. The number of rotatable bonds is 3. The maximum absolute atomic E-state index is 14.2. The minimum absolute atomic E-state index is 0.0291.